The van der Waals surface area contributed by atoms with Gasteiger partial charge in [-0.1, -0.05) is 22.8 Å². The quantitative estimate of drug-likeness (QED) is 0.800. The summed E-state index contributed by atoms with van der Waals surface area (Å²) >= 11 is 0. The lowest BCUT2D eigenvalue weighted by molar-refractivity contribution is 0.102. The van der Waals surface area contributed by atoms with E-state index in [4.69, 9.17) is 4.42 Å². The molecule has 0 aliphatic rings. The van der Waals surface area contributed by atoms with Crippen LogP contribution in [0.2, 0.25) is 0 Å². The molecule has 0 aliphatic heterocycles. The molecule has 2 heterocycles. The molecule has 0 unspecified atom stereocenters. The van der Waals surface area contributed by atoms with Gasteiger partial charge in [-0.05, 0) is 39.0 Å². The fraction of sp³-hybridized carbons (Fsp3) is 0.250. The number of anilines is 1. The molecule has 2 aromatic heterocycles. The normalized spacial score (nSPS) is 11.0. The summed E-state index contributed by atoms with van der Waals surface area (Å²) in [6, 6.07) is 9.34. The monoisotopic (exact) mass is 311 g/mol. The largest absolute Gasteiger partial charge is 0.401 e. The van der Waals surface area contributed by atoms with Crippen molar-refractivity contribution in [2.75, 3.05) is 5.32 Å². The highest BCUT2D eigenvalue weighted by Crippen LogP contribution is 2.19. The molecule has 7 heteroatoms. The fourth-order valence-electron chi connectivity index (χ4n) is 2.07. The van der Waals surface area contributed by atoms with Gasteiger partial charge in [0.1, 0.15) is 5.69 Å². The van der Waals surface area contributed by atoms with Crippen molar-refractivity contribution in [1.82, 2.24) is 20.0 Å². The molecule has 7 nitrogen and oxygen atoms in total. The smallest absolute Gasteiger partial charge is 0.322 e. The van der Waals surface area contributed by atoms with Crippen molar-refractivity contribution in [3.63, 3.8) is 0 Å². The van der Waals surface area contributed by atoms with Crippen molar-refractivity contribution in [2.24, 2.45) is 0 Å². The molecule has 3 aromatic rings. The molecule has 0 aliphatic carbocycles. The van der Waals surface area contributed by atoms with Crippen LogP contribution in [0.3, 0.4) is 0 Å². The first-order valence-electron chi connectivity index (χ1n) is 7.30. The third-order valence-electron chi connectivity index (χ3n) is 3.28. The zero-order valence-corrected chi connectivity index (χ0v) is 13.1. The Hall–Kier alpha value is -2.96. The van der Waals surface area contributed by atoms with Crippen molar-refractivity contribution in [2.45, 2.75) is 26.8 Å². The van der Waals surface area contributed by atoms with E-state index < -0.39 is 0 Å². The number of amides is 1. The van der Waals surface area contributed by atoms with Crippen molar-refractivity contribution in [3.05, 3.63) is 47.7 Å². The highest BCUT2D eigenvalue weighted by molar-refractivity contribution is 6.03. The second-order valence-electron chi connectivity index (χ2n) is 5.51. The van der Waals surface area contributed by atoms with Crippen LogP contribution in [0.1, 0.15) is 35.8 Å². The van der Waals surface area contributed by atoms with Gasteiger partial charge in [-0.15, -0.1) is 5.10 Å². The van der Waals surface area contributed by atoms with Gasteiger partial charge in [0.2, 0.25) is 0 Å². The number of carbonyl (C=O) groups is 1. The zero-order chi connectivity index (χ0) is 16.4. The average Bonchev–Trinajstić information content (AvgIpc) is 3.15. The Kier molecular flexibility index (Phi) is 3.92. The fourth-order valence-corrected chi connectivity index (χ4v) is 2.07. The van der Waals surface area contributed by atoms with E-state index in [9.17, 15) is 4.79 Å². The summed E-state index contributed by atoms with van der Waals surface area (Å²) in [5, 5.41) is 14.7. The molecule has 0 saturated carbocycles. The molecule has 0 fully saturated rings. The van der Waals surface area contributed by atoms with Gasteiger partial charge in [0.05, 0.1) is 0 Å². The number of nitrogens with zero attached hydrogens (tertiary/aromatic N) is 4. The molecule has 0 atom stereocenters. The molecule has 0 bridgehead atoms. The van der Waals surface area contributed by atoms with Crippen molar-refractivity contribution in [3.8, 4) is 11.6 Å². The number of nitrogens with one attached hydrogen (secondary N) is 1. The van der Waals surface area contributed by atoms with Crippen LogP contribution in [0.25, 0.3) is 11.6 Å². The summed E-state index contributed by atoms with van der Waals surface area (Å²) < 4.78 is 7.25. The lowest BCUT2D eigenvalue weighted by Crippen LogP contribution is -2.12. The molecule has 0 spiro atoms. The van der Waals surface area contributed by atoms with Gasteiger partial charge < -0.3 is 4.42 Å². The van der Waals surface area contributed by atoms with Crippen LogP contribution in [-0.4, -0.2) is 25.9 Å². The predicted octanol–water partition coefficient (Wildman–Crippen LogP) is 3.07. The van der Waals surface area contributed by atoms with E-state index in [-0.39, 0.29) is 23.9 Å². The summed E-state index contributed by atoms with van der Waals surface area (Å²) in [5.41, 5.74) is 2.11. The third-order valence-corrected chi connectivity index (χ3v) is 3.28. The second-order valence-corrected chi connectivity index (χ2v) is 5.51. The van der Waals surface area contributed by atoms with E-state index in [2.05, 4.69) is 20.6 Å². The molecule has 1 amide bonds. The number of aromatic nitrogens is 4. The van der Waals surface area contributed by atoms with Gasteiger partial charge in [-0.3, -0.25) is 14.8 Å². The summed E-state index contributed by atoms with van der Waals surface area (Å²) in [6.45, 7) is 5.98. The van der Waals surface area contributed by atoms with Gasteiger partial charge >= 0.3 is 6.01 Å². The van der Waals surface area contributed by atoms with Gasteiger partial charge in [-0.2, -0.15) is 5.10 Å². The van der Waals surface area contributed by atoms with Crippen LogP contribution >= 0.6 is 0 Å². The average molecular weight is 311 g/mol. The highest BCUT2D eigenvalue weighted by atomic mass is 16.4. The minimum atomic E-state index is -0.295. The molecule has 0 saturated heterocycles. The Morgan fingerprint density at radius 3 is 2.78 bits per heavy atom. The minimum absolute atomic E-state index is 0.0469. The number of rotatable bonds is 4. The number of hydrogen-bond donors (Lipinski definition) is 1. The first-order valence-corrected chi connectivity index (χ1v) is 7.30. The van der Waals surface area contributed by atoms with Crippen molar-refractivity contribution < 1.29 is 9.21 Å². The Morgan fingerprint density at radius 2 is 2.09 bits per heavy atom. The van der Waals surface area contributed by atoms with E-state index in [0.717, 1.165) is 5.56 Å². The Bertz CT molecular complexity index is 834. The standard InChI is InChI=1S/C16H17N5O2/c1-10(2)21-8-7-13(20-21)15-18-19-16(23-15)17-14(22)12-6-4-5-11(3)9-12/h4-10H,1-3H3,(H,17,19,22). The molecule has 23 heavy (non-hydrogen) atoms. The summed E-state index contributed by atoms with van der Waals surface area (Å²) in [5.74, 6) is -0.0273. The Morgan fingerprint density at radius 1 is 1.26 bits per heavy atom. The van der Waals surface area contributed by atoms with Crippen LogP contribution in [0.15, 0.2) is 40.9 Å². The topological polar surface area (TPSA) is 85.8 Å². The molecule has 1 aromatic carbocycles. The summed E-state index contributed by atoms with van der Waals surface area (Å²) in [6.07, 6.45) is 1.84. The number of hydrogen-bond acceptors (Lipinski definition) is 5. The first kappa shape index (κ1) is 15.0. The maximum absolute atomic E-state index is 12.1. The van der Waals surface area contributed by atoms with Gasteiger partial charge in [0.15, 0.2) is 0 Å². The highest BCUT2D eigenvalue weighted by Gasteiger charge is 2.15. The van der Waals surface area contributed by atoms with E-state index in [0.29, 0.717) is 11.3 Å². The van der Waals surface area contributed by atoms with E-state index >= 15 is 0 Å². The zero-order valence-electron chi connectivity index (χ0n) is 13.1. The maximum Gasteiger partial charge on any atom is 0.322 e. The van der Waals surface area contributed by atoms with Crippen LogP contribution in [0, 0.1) is 6.92 Å². The molecular formula is C16H17N5O2. The molecule has 0 radical (unpaired) electrons. The molecule has 3 rings (SSSR count). The van der Waals surface area contributed by atoms with E-state index in [1.807, 2.05) is 39.1 Å². The van der Waals surface area contributed by atoms with E-state index in [1.165, 1.54) is 0 Å². The second kappa shape index (κ2) is 6.04. The molecule has 118 valence electrons. The SMILES string of the molecule is Cc1cccc(C(=O)Nc2nnc(-c3ccn(C(C)C)n3)o2)c1. The van der Waals surface area contributed by atoms with Crippen molar-refractivity contribution >= 4 is 11.9 Å². The van der Waals surface area contributed by atoms with Gasteiger partial charge in [0.25, 0.3) is 11.8 Å². The number of aryl methyl sites for hydroxylation is 1. The Balaban J connectivity index is 1.75. The van der Waals surface area contributed by atoms with Crippen LogP contribution in [0.5, 0.6) is 0 Å². The summed E-state index contributed by atoms with van der Waals surface area (Å²) in [7, 11) is 0. The minimum Gasteiger partial charge on any atom is -0.401 e. The van der Waals surface area contributed by atoms with Crippen LogP contribution < -0.4 is 5.32 Å². The maximum atomic E-state index is 12.1. The number of benzene rings is 1. The van der Waals surface area contributed by atoms with Crippen molar-refractivity contribution in [1.29, 1.82) is 0 Å². The molecule has 1 N–H and O–H groups in total. The van der Waals surface area contributed by atoms with E-state index in [1.54, 1.807) is 22.9 Å². The predicted molar refractivity (Wildman–Crippen MR) is 85.0 cm³/mol. The van der Waals surface area contributed by atoms with Gasteiger partial charge in [-0.25, -0.2) is 0 Å². The lowest BCUT2D eigenvalue weighted by Gasteiger charge is -2.02. The third kappa shape index (κ3) is 3.28. The lowest BCUT2D eigenvalue weighted by atomic mass is 10.1. The van der Waals surface area contributed by atoms with Crippen LogP contribution in [0.4, 0.5) is 6.01 Å². The summed E-state index contributed by atoms with van der Waals surface area (Å²) in [4.78, 5) is 12.1. The first-order chi connectivity index (χ1) is 11.0. The molecular weight excluding hydrogens is 294 g/mol. The van der Waals surface area contributed by atoms with Crippen LogP contribution in [-0.2, 0) is 0 Å². The Labute approximate surface area is 133 Å². The number of carbonyl (C=O) groups excluding carboxylic acids is 1. The van der Waals surface area contributed by atoms with Gasteiger partial charge in [0, 0.05) is 17.8 Å².